The molecule has 0 saturated heterocycles. The van der Waals surface area contributed by atoms with Crippen LogP contribution in [0, 0.1) is 0 Å². The van der Waals surface area contributed by atoms with E-state index in [0.29, 0.717) is 17.5 Å². The Balaban J connectivity index is 1.17. The molecule has 0 N–H and O–H groups in total. The van der Waals surface area contributed by atoms with Gasteiger partial charge in [0, 0.05) is 32.7 Å². The summed E-state index contributed by atoms with van der Waals surface area (Å²) in [7, 11) is 0. The van der Waals surface area contributed by atoms with Crippen molar-refractivity contribution in [3.05, 3.63) is 224 Å². The van der Waals surface area contributed by atoms with Crippen LogP contribution in [-0.2, 0) is 0 Å². The van der Waals surface area contributed by atoms with E-state index in [2.05, 4.69) is 176 Å². The Bertz CT molecular complexity index is 3860. The summed E-state index contributed by atoms with van der Waals surface area (Å²) in [4.78, 5) is 16.4. The van der Waals surface area contributed by atoms with Crippen LogP contribution in [0.2, 0.25) is 0 Å². The molecule has 13 rings (SSSR count). The molecule has 0 fully saturated rings. The van der Waals surface area contributed by atoms with Crippen molar-refractivity contribution in [3.63, 3.8) is 0 Å². The van der Waals surface area contributed by atoms with Crippen LogP contribution in [0.4, 0.5) is 0 Å². The van der Waals surface area contributed by atoms with Crippen LogP contribution in [-0.4, -0.2) is 15.0 Å². The first-order chi connectivity index (χ1) is 32.7. The van der Waals surface area contributed by atoms with Crippen LogP contribution in [0.5, 0.6) is 0 Å². The van der Waals surface area contributed by atoms with Crippen LogP contribution < -0.4 is 0 Å². The topological polar surface area (TPSA) is 65.0 Å². The number of para-hydroxylation sites is 4. The first kappa shape index (κ1) is 37.6. The minimum absolute atomic E-state index is 0.495. The summed E-state index contributed by atoms with van der Waals surface area (Å²) in [5.41, 5.74) is 14.1. The molecule has 0 radical (unpaired) electrons. The van der Waals surface area contributed by atoms with Crippen molar-refractivity contribution >= 4 is 54.6 Å². The number of hydrogen-bond acceptors (Lipinski definition) is 5. The van der Waals surface area contributed by atoms with Crippen LogP contribution >= 0.6 is 0 Å². The molecule has 0 atom stereocenters. The predicted molar refractivity (Wildman–Crippen MR) is 270 cm³/mol. The average molecular weight is 844 g/mol. The molecule has 0 saturated carbocycles. The number of hydrogen-bond donors (Lipinski definition) is 0. The molecule has 308 valence electrons. The summed E-state index contributed by atoms with van der Waals surface area (Å²) < 4.78 is 13.3. The highest BCUT2D eigenvalue weighted by Gasteiger charge is 2.26. The molecule has 3 heterocycles. The monoisotopic (exact) mass is 843 g/mol. The van der Waals surface area contributed by atoms with Gasteiger partial charge in [0.05, 0.1) is 11.1 Å². The lowest BCUT2D eigenvalue weighted by Crippen LogP contribution is -2.03. The molecule has 66 heavy (non-hydrogen) atoms. The zero-order valence-electron chi connectivity index (χ0n) is 35.5. The van der Waals surface area contributed by atoms with Crippen molar-refractivity contribution in [1.29, 1.82) is 0 Å². The van der Waals surface area contributed by atoms with Gasteiger partial charge in [0.2, 0.25) is 0 Å². The molecular weight excluding hydrogens is 807 g/mol. The number of fused-ring (bicyclic) bond motifs is 7. The van der Waals surface area contributed by atoms with Gasteiger partial charge in [-0.25, -0.2) is 15.0 Å². The molecule has 3 aromatic heterocycles. The molecule has 0 aliphatic heterocycles. The van der Waals surface area contributed by atoms with Crippen molar-refractivity contribution < 1.29 is 8.83 Å². The molecule has 0 aliphatic rings. The summed E-state index contributed by atoms with van der Waals surface area (Å²) in [5.74, 6) is 1.51. The van der Waals surface area contributed by atoms with Crippen molar-refractivity contribution in [3.8, 4) is 78.7 Å². The standard InChI is InChI=1S/C61H37N3O2/c1-3-18-38(19-4-1)42-25-9-10-28-46(42)56-50(37-36-47(55(56)40-21-5-2-6-22-40)43-29-15-23-39-20-7-8-24-41(39)43)59-62-60(51-32-16-30-48-44-26-11-13-34-53(44)65-57(48)51)64-61(63-59)52-33-17-31-49-45-27-12-14-35-54(45)66-58(49)52/h1-37H. The molecule has 0 spiro atoms. The third-order valence-electron chi connectivity index (χ3n) is 12.8. The van der Waals surface area contributed by atoms with Gasteiger partial charge in [0.1, 0.15) is 22.3 Å². The minimum atomic E-state index is 0.495. The number of benzene rings is 10. The Labute approximate surface area is 379 Å². The molecule has 13 aromatic rings. The Morgan fingerprint density at radius 3 is 1.30 bits per heavy atom. The van der Waals surface area contributed by atoms with E-state index in [9.17, 15) is 0 Å². The van der Waals surface area contributed by atoms with E-state index >= 15 is 0 Å². The maximum atomic E-state index is 6.65. The van der Waals surface area contributed by atoms with Gasteiger partial charge in [0.25, 0.3) is 0 Å². The molecule has 0 amide bonds. The highest BCUT2D eigenvalue weighted by molar-refractivity contribution is 6.12. The van der Waals surface area contributed by atoms with Crippen molar-refractivity contribution in [2.45, 2.75) is 0 Å². The quantitative estimate of drug-likeness (QED) is 0.160. The fourth-order valence-electron chi connectivity index (χ4n) is 9.81. The number of aromatic nitrogens is 3. The Kier molecular flexibility index (Phi) is 8.78. The smallest absolute Gasteiger partial charge is 0.167 e. The van der Waals surface area contributed by atoms with Gasteiger partial charge in [-0.05, 0) is 80.0 Å². The van der Waals surface area contributed by atoms with E-state index < -0.39 is 0 Å². The SMILES string of the molecule is c1ccc(-c2ccccc2-c2c(-c3nc(-c4cccc5c4oc4ccccc45)nc(-c4cccc5c4oc4ccccc45)n3)ccc(-c3cccc4ccccc34)c2-c2ccccc2)cc1. The third-order valence-corrected chi connectivity index (χ3v) is 12.8. The summed E-state index contributed by atoms with van der Waals surface area (Å²) in [6, 6.07) is 78.3. The zero-order chi connectivity index (χ0) is 43.6. The lowest BCUT2D eigenvalue weighted by Gasteiger charge is -2.23. The summed E-state index contributed by atoms with van der Waals surface area (Å²) in [6.45, 7) is 0. The molecule has 10 aromatic carbocycles. The van der Waals surface area contributed by atoms with E-state index in [1.165, 1.54) is 10.8 Å². The highest BCUT2D eigenvalue weighted by Crippen LogP contribution is 2.49. The van der Waals surface area contributed by atoms with E-state index in [4.69, 9.17) is 23.8 Å². The van der Waals surface area contributed by atoms with E-state index in [1.807, 2.05) is 48.5 Å². The fourth-order valence-corrected chi connectivity index (χ4v) is 9.81. The molecule has 0 aliphatic carbocycles. The summed E-state index contributed by atoms with van der Waals surface area (Å²) in [6.07, 6.45) is 0. The minimum Gasteiger partial charge on any atom is -0.455 e. The van der Waals surface area contributed by atoms with Crippen LogP contribution in [0.3, 0.4) is 0 Å². The van der Waals surface area contributed by atoms with Crippen LogP contribution in [0.25, 0.3) is 133 Å². The third kappa shape index (κ3) is 6.13. The van der Waals surface area contributed by atoms with Crippen molar-refractivity contribution in [1.82, 2.24) is 15.0 Å². The second kappa shape index (κ2) is 15.4. The van der Waals surface area contributed by atoms with Crippen molar-refractivity contribution in [2.24, 2.45) is 0 Å². The van der Waals surface area contributed by atoms with Gasteiger partial charge in [-0.3, -0.25) is 0 Å². The second-order valence-electron chi connectivity index (χ2n) is 16.6. The molecule has 5 nitrogen and oxygen atoms in total. The number of rotatable bonds is 7. The van der Waals surface area contributed by atoms with Crippen LogP contribution in [0.1, 0.15) is 0 Å². The van der Waals surface area contributed by atoms with Gasteiger partial charge in [-0.15, -0.1) is 0 Å². The first-order valence-corrected chi connectivity index (χ1v) is 22.2. The van der Waals surface area contributed by atoms with Gasteiger partial charge >= 0.3 is 0 Å². The normalized spacial score (nSPS) is 11.6. The lowest BCUT2D eigenvalue weighted by atomic mass is 9.81. The summed E-state index contributed by atoms with van der Waals surface area (Å²) in [5, 5.41) is 6.41. The predicted octanol–water partition coefficient (Wildman–Crippen LogP) is 16.5. The first-order valence-electron chi connectivity index (χ1n) is 22.2. The van der Waals surface area contributed by atoms with E-state index in [1.54, 1.807) is 0 Å². The largest absolute Gasteiger partial charge is 0.455 e. The summed E-state index contributed by atoms with van der Waals surface area (Å²) >= 11 is 0. The lowest BCUT2D eigenvalue weighted by molar-refractivity contribution is 0.669. The average Bonchev–Trinajstić information content (AvgIpc) is 3.97. The molecule has 5 heteroatoms. The van der Waals surface area contributed by atoms with E-state index in [-0.39, 0.29) is 0 Å². The van der Waals surface area contributed by atoms with Gasteiger partial charge in [-0.1, -0.05) is 194 Å². The maximum Gasteiger partial charge on any atom is 0.167 e. The Morgan fingerprint density at radius 1 is 0.242 bits per heavy atom. The van der Waals surface area contributed by atoms with E-state index in [0.717, 1.165) is 105 Å². The van der Waals surface area contributed by atoms with Crippen molar-refractivity contribution in [2.75, 3.05) is 0 Å². The number of nitrogens with zero attached hydrogens (tertiary/aromatic N) is 3. The van der Waals surface area contributed by atoms with Crippen LogP contribution in [0.15, 0.2) is 233 Å². The number of furan rings is 2. The molecule has 0 bridgehead atoms. The molecule has 0 unspecified atom stereocenters. The van der Waals surface area contributed by atoms with Gasteiger partial charge < -0.3 is 8.83 Å². The van der Waals surface area contributed by atoms with Gasteiger partial charge in [0.15, 0.2) is 17.5 Å². The zero-order valence-corrected chi connectivity index (χ0v) is 35.5. The Hall–Kier alpha value is -8.93. The highest BCUT2D eigenvalue weighted by atomic mass is 16.3. The molecular formula is C61H37N3O2. The maximum absolute atomic E-state index is 6.65. The second-order valence-corrected chi connectivity index (χ2v) is 16.6. The Morgan fingerprint density at radius 2 is 0.667 bits per heavy atom. The fraction of sp³-hybridized carbons (Fsp3) is 0. The van der Waals surface area contributed by atoms with Gasteiger partial charge in [-0.2, -0.15) is 0 Å².